The molecule has 4 heterocycles. The normalized spacial score (nSPS) is 22.6. The van der Waals surface area contributed by atoms with Crippen molar-refractivity contribution < 1.29 is 9.13 Å². The number of anilines is 2. The lowest BCUT2D eigenvalue weighted by molar-refractivity contribution is -0.0661. The van der Waals surface area contributed by atoms with Crippen molar-refractivity contribution >= 4 is 23.2 Å². The molecular formula is C20H22ClFN6O. The standard InChI is InChI=1S/C20H22ClFN6O/c21-15-2-1-3-16(22)19(15)20-23-4-5-28(20)18-10-17(24-13-25-18)27-8-6-26(7-9-27)14-11-29-12-14/h1-5,10,13-14,20,23H,6-9,11-12H2. The van der Waals surface area contributed by atoms with Crippen molar-refractivity contribution in [2.24, 2.45) is 0 Å². The number of nitrogens with one attached hydrogen (secondary N) is 1. The molecule has 2 saturated heterocycles. The highest BCUT2D eigenvalue weighted by Crippen LogP contribution is 2.34. The van der Waals surface area contributed by atoms with Gasteiger partial charge in [-0.05, 0) is 12.1 Å². The maximum Gasteiger partial charge on any atom is 0.140 e. The number of hydrogen-bond acceptors (Lipinski definition) is 7. The summed E-state index contributed by atoms with van der Waals surface area (Å²) in [7, 11) is 0. The molecule has 0 spiro atoms. The van der Waals surface area contributed by atoms with Gasteiger partial charge in [0.25, 0.3) is 0 Å². The smallest absolute Gasteiger partial charge is 0.140 e. The molecule has 0 aliphatic carbocycles. The third kappa shape index (κ3) is 3.52. The highest BCUT2D eigenvalue weighted by atomic mass is 35.5. The third-order valence-electron chi connectivity index (χ3n) is 5.72. The fourth-order valence-corrected chi connectivity index (χ4v) is 4.25. The summed E-state index contributed by atoms with van der Waals surface area (Å²) in [6.45, 7) is 5.48. The average molecular weight is 417 g/mol. The van der Waals surface area contributed by atoms with Gasteiger partial charge >= 0.3 is 0 Å². The predicted molar refractivity (Wildman–Crippen MR) is 109 cm³/mol. The van der Waals surface area contributed by atoms with Gasteiger partial charge in [0.1, 0.15) is 29.9 Å². The maximum absolute atomic E-state index is 14.5. The molecule has 0 amide bonds. The van der Waals surface area contributed by atoms with Gasteiger partial charge in [-0.3, -0.25) is 4.90 Å². The summed E-state index contributed by atoms with van der Waals surface area (Å²) < 4.78 is 19.8. The summed E-state index contributed by atoms with van der Waals surface area (Å²) in [5.41, 5.74) is 0.399. The van der Waals surface area contributed by atoms with Crippen LogP contribution in [0, 0.1) is 5.82 Å². The minimum absolute atomic E-state index is 0.353. The Balaban J connectivity index is 1.35. The van der Waals surface area contributed by atoms with Gasteiger partial charge in [0.15, 0.2) is 0 Å². The number of nitrogens with zero attached hydrogens (tertiary/aromatic N) is 5. The zero-order valence-electron chi connectivity index (χ0n) is 15.8. The molecule has 7 nitrogen and oxygen atoms in total. The van der Waals surface area contributed by atoms with Crippen LogP contribution in [0.1, 0.15) is 11.7 Å². The van der Waals surface area contributed by atoms with E-state index in [9.17, 15) is 4.39 Å². The lowest BCUT2D eigenvalue weighted by atomic mass is 10.1. The average Bonchev–Trinajstić information content (AvgIpc) is 3.17. The Bertz CT molecular complexity index is 895. The quantitative estimate of drug-likeness (QED) is 0.821. The second-order valence-corrected chi connectivity index (χ2v) is 7.78. The molecule has 1 aromatic heterocycles. The first-order valence-electron chi connectivity index (χ1n) is 9.74. The van der Waals surface area contributed by atoms with Crippen LogP contribution < -0.4 is 15.1 Å². The van der Waals surface area contributed by atoms with Crippen molar-refractivity contribution in [3.63, 3.8) is 0 Å². The molecule has 3 aliphatic rings. The first kappa shape index (κ1) is 18.6. The van der Waals surface area contributed by atoms with Gasteiger partial charge in [0.2, 0.25) is 0 Å². The van der Waals surface area contributed by atoms with E-state index in [0.29, 0.717) is 22.4 Å². The van der Waals surface area contributed by atoms with Gasteiger partial charge in [0.05, 0.1) is 24.3 Å². The van der Waals surface area contributed by atoms with Crippen LogP contribution in [-0.4, -0.2) is 60.3 Å². The van der Waals surface area contributed by atoms with E-state index < -0.39 is 6.17 Å². The lowest BCUT2D eigenvalue weighted by Gasteiger charge is -2.42. The highest BCUT2D eigenvalue weighted by molar-refractivity contribution is 6.31. The molecule has 5 rings (SSSR count). The maximum atomic E-state index is 14.5. The first-order valence-corrected chi connectivity index (χ1v) is 10.1. The van der Waals surface area contributed by atoms with E-state index in [-0.39, 0.29) is 5.82 Å². The molecule has 2 aromatic rings. The summed E-state index contributed by atoms with van der Waals surface area (Å²) in [6, 6.07) is 7.21. The summed E-state index contributed by atoms with van der Waals surface area (Å²) in [5.74, 6) is 1.21. The lowest BCUT2D eigenvalue weighted by Crippen LogP contribution is -2.56. The molecule has 1 unspecified atom stereocenters. The fraction of sp³-hybridized carbons (Fsp3) is 0.400. The van der Waals surface area contributed by atoms with Crippen LogP contribution in [0.4, 0.5) is 16.0 Å². The fourth-order valence-electron chi connectivity index (χ4n) is 3.99. The second kappa shape index (κ2) is 7.78. The molecule has 0 radical (unpaired) electrons. The Kier molecular flexibility index (Phi) is 4.99. The van der Waals surface area contributed by atoms with Gasteiger partial charge in [0, 0.05) is 50.2 Å². The largest absolute Gasteiger partial charge is 0.378 e. The zero-order chi connectivity index (χ0) is 19.8. The Morgan fingerprint density at radius 1 is 1.10 bits per heavy atom. The molecule has 0 saturated carbocycles. The van der Waals surface area contributed by atoms with Crippen LogP contribution in [0.5, 0.6) is 0 Å². The van der Waals surface area contributed by atoms with Crippen molar-refractivity contribution in [1.29, 1.82) is 0 Å². The number of piperazine rings is 1. The number of hydrogen-bond donors (Lipinski definition) is 1. The van der Waals surface area contributed by atoms with Crippen molar-refractivity contribution in [2.45, 2.75) is 12.2 Å². The van der Waals surface area contributed by atoms with E-state index in [4.69, 9.17) is 16.3 Å². The Morgan fingerprint density at radius 2 is 1.90 bits per heavy atom. The van der Waals surface area contributed by atoms with Crippen LogP contribution in [0.3, 0.4) is 0 Å². The molecular weight excluding hydrogens is 395 g/mol. The van der Waals surface area contributed by atoms with Gasteiger partial charge < -0.3 is 19.9 Å². The molecule has 1 N–H and O–H groups in total. The van der Waals surface area contributed by atoms with Crippen LogP contribution in [0.2, 0.25) is 5.02 Å². The van der Waals surface area contributed by atoms with E-state index in [0.717, 1.165) is 45.2 Å². The second-order valence-electron chi connectivity index (χ2n) is 7.38. The van der Waals surface area contributed by atoms with Crippen LogP contribution in [-0.2, 0) is 4.74 Å². The van der Waals surface area contributed by atoms with E-state index in [2.05, 4.69) is 25.1 Å². The van der Waals surface area contributed by atoms with Gasteiger partial charge in [-0.2, -0.15) is 0 Å². The summed E-state index contributed by atoms with van der Waals surface area (Å²) in [4.78, 5) is 15.5. The SMILES string of the molecule is Fc1cccc(Cl)c1C1NC=CN1c1cc(N2CCN(C3COC3)CC2)ncn1. The highest BCUT2D eigenvalue weighted by Gasteiger charge is 2.31. The van der Waals surface area contributed by atoms with Crippen LogP contribution in [0.25, 0.3) is 0 Å². The minimum Gasteiger partial charge on any atom is -0.378 e. The van der Waals surface area contributed by atoms with Gasteiger partial charge in [-0.25, -0.2) is 14.4 Å². The number of benzene rings is 1. The molecule has 0 bridgehead atoms. The van der Waals surface area contributed by atoms with Crippen LogP contribution in [0.15, 0.2) is 43.0 Å². The Labute approximate surface area is 173 Å². The number of rotatable bonds is 4. The summed E-state index contributed by atoms with van der Waals surface area (Å²) in [6.07, 6.45) is 4.72. The molecule has 1 atom stereocenters. The van der Waals surface area contributed by atoms with E-state index in [1.165, 1.54) is 6.07 Å². The Hall–Kier alpha value is -2.42. The minimum atomic E-state index is -0.457. The molecule has 2 fully saturated rings. The number of halogens is 2. The van der Waals surface area contributed by atoms with E-state index >= 15 is 0 Å². The van der Waals surface area contributed by atoms with Crippen molar-refractivity contribution in [3.8, 4) is 0 Å². The van der Waals surface area contributed by atoms with Crippen molar-refractivity contribution in [3.05, 3.63) is 59.4 Å². The van der Waals surface area contributed by atoms with Crippen LogP contribution >= 0.6 is 11.6 Å². The van der Waals surface area contributed by atoms with Crippen molar-refractivity contribution in [2.75, 3.05) is 49.2 Å². The summed E-state index contributed by atoms with van der Waals surface area (Å²) in [5, 5.41) is 3.54. The molecule has 9 heteroatoms. The topological polar surface area (TPSA) is 56.8 Å². The predicted octanol–water partition coefficient (Wildman–Crippen LogP) is 2.37. The monoisotopic (exact) mass is 416 g/mol. The van der Waals surface area contributed by atoms with Gasteiger partial charge in [-0.1, -0.05) is 17.7 Å². The zero-order valence-corrected chi connectivity index (χ0v) is 16.6. The Morgan fingerprint density at radius 3 is 2.62 bits per heavy atom. The number of ether oxygens (including phenoxy) is 1. The summed E-state index contributed by atoms with van der Waals surface area (Å²) >= 11 is 6.28. The molecule has 1 aromatic carbocycles. The van der Waals surface area contributed by atoms with Crippen molar-refractivity contribution in [1.82, 2.24) is 20.2 Å². The van der Waals surface area contributed by atoms with Gasteiger partial charge in [-0.15, -0.1) is 0 Å². The molecule has 152 valence electrons. The van der Waals surface area contributed by atoms with E-state index in [1.807, 2.05) is 17.2 Å². The van der Waals surface area contributed by atoms with E-state index in [1.54, 1.807) is 24.7 Å². The number of aromatic nitrogens is 2. The molecule has 3 aliphatic heterocycles. The third-order valence-corrected chi connectivity index (χ3v) is 6.05. The first-order chi connectivity index (χ1) is 14.2. The molecule has 29 heavy (non-hydrogen) atoms.